The van der Waals surface area contributed by atoms with Crippen LogP contribution in [0, 0.1) is 34.6 Å². The molecule has 0 aliphatic rings. The molecular weight excluding hydrogens is 284 g/mol. The second-order valence-electron chi connectivity index (χ2n) is 5.75. The molecule has 0 aliphatic carbocycles. The Balaban J connectivity index is 3.15. The van der Waals surface area contributed by atoms with E-state index in [1.807, 2.05) is 41.7 Å². The maximum Gasteiger partial charge on any atom is 0.241 e. The van der Waals surface area contributed by atoms with Crippen molar-refractivity contribution in [1.82, 2.24) is 9.62 Å². The second-order valence-corrected chi connectivity index (χ2v) is 7.45. The minimum atomic E-state index is -3.46. The zero-order valence-electron chi connectivity index (χ0n) is 14.3. The smallest absolute Gasteiger partial charge is 0.241 e. The van der Waals surface area contributed by atoms with Gasteiger partial charge in [0.25, 0.3) is 0 Å². The van der Waals surface area contributed by atoms with E-state index in [2.05, 4.69) is 16.5 Å². The Bertz CT molecular complexity index is 593. The van der Waals surface area contributed by atoms with E-state index in [0.717, 1.165) is 28.8 Å². The molecule has 0 heterocycles. The van der Waals surface area contributed by atoms with E-state index in [1.165, 1.54) is 5.56 Å². The van der Waals surface area contributed by atoms with Gasteiger partial charge in [-0.2, -0.15) is 0 Å². The summed E-state index contributed by atoms with van der Waals surface area (Å²) in [5.41, 5.74) is 5.00. The zero-order chi connectivity index (χ0) is 16.4. The van der Waals surface area contributed by atoms with E-state index in [1.54, 1.807) is 0 Å². The zero-order valence-corrected chi connectivity index (χ0v) is 15.1. The molecular formula is C16H28N2O2S. The largest absolute Gasteiger partial charge is 0.305 e. The summed E-state index contributed by atoms with van der Waals surface area (Å²) in [6, 6.07) is 0. The average molecular weight is 312 g/mol. The number of sulfonamides is 1. The van der Waals surface area contributed by atoms with Gasteiger partial charge >= 0.3 is 0 Å². The van der Waals surface area contributed by atoms with E-state index in [9.17, 15) is 8.42 Å². The van der Waals surface area contributed by atoms with E-state index in [4.69, 9.17) is 0 Å². The van der Waals surface area contributed by atoms with Gasteiger partial charge in [-0.3, -0.25) is 0 Å². The molecule has 4 nitrogen and oxygen atoms in total. The fourth-order valence-corrected chi connectivity index (χ4v) is 4.09. The monoisotopic (exact) mass is 312 g/mol. The predicted octanol–water partition coefficient (Wildman–Crippen LogP) is 2.46. The molecule has 0 aliphatic heterocycles. The van der Waals surface area contributed by atoms with Crippen molar-refractivity contribution in [2.75, 3.05) is 26.7 Å². The Morgan fingerprint density at radius 3 is 1.76 bits per heavy atom. The third-order valence-corrected chi connectivity index (χ3v) is 6.26. The molecule has 21 heavy (non-hydrogen) atoms. The highest BCUT2D eigenvalue weighted by atomic mass is 32.2. The Hall–Kier alpha value is -0.910. The molecule has 0 atom stereocenters. The van der Waals surface area contributed by atoms with Gasteiger partial charge in [0.15, 0.2) is 0 Å². The van der Waals surface area contributed by atoms with Crippen molar-refractivity contribution in [2.24, 2.45) is 0 Å². The first kappa shape index (κ1) is 18.1. The Labute approximate surface area is 129 Å². The van der Waals surface area contributed by atoms with Gasteiger partial charge in [0.1, 0.15) is 0 Å². The molecule has 0 radical (unpaired) electrons. The first-order chi connectivity index (χ1) is 9.63. The van der Waals surface area contributed by atoms with Crippen LogP contribution >= 0.6 is 0 Å². The maximum atomic E-state index is 12.6. The second kappa shape index (κ2) is 6.90. The van der Waals surface area contributed by atoms with Crippen molar-refractivity contribution in [3.8, 4) is 0 Å². The minimum Gasteiger partial charge on any atom is -0.305 e. The van der Waals surface area contributed by atoms with Crippen molar-refractivity contribution >= 4 is 10.0 Å². The van der Waals surface area contributed by atoms with Crippen LogP contribution in [-0.2, 0) is 10.0 Å². The van der Waals surface area contributed by atoms with Gasteiger partial charge in [-0.05, 0) is 76.0 Å². The summed E-state index contributed by atoms with van der Waals surface area (Å²) in [5.74, 6) is 0. The Kier molecular flexibility index (Phi) is 5.96. The highest BCUT2D eigenvalue weighted by Gasteiger charge is 2.23. The van der Waals surface area contributed by atoms with Crippen molar-refractivity contribution in [1.29, 1.82) is 0 Å². The van der Waals surface area contributed by atoms with Crippen molar-refractivity contribution in [3.63, 3.8) is 0 Å². The molecule has 0 saturated carbocycles. The number of nitrogens with one attached hydrogen (secondary N) is 1. The molecule has 120 valence electrons. The quantitative estimate of drug-likeness (QED) is 0.878. The van der Waals surface area contributed by atoms with Crippen LogP contribution < -0.4 is 4.72 Å². The molecule has 0 fully saturated rings. The predicted molar refractivity (Wildman–Crippen MR) is 88.5 cm³/mol. The summed E-state index contributed by atoms with van der Waals surface area (Å²) in [7, 11) is -1.49. The Morgan fingerprint density at radius 2 is 1.33 bits per heavy atom. The van der Waals surface area contributed by atoms with Gasteiger partial charge in [0, 0.05) is 13.1 Å². The van der Waals surface area contributed by atoms with E-state index < -0.39 is 10.0 Å². The normalized spacial score (nSPS) is 12.2. The van der Waals surface area contributed by atoms with Gasteiger partial charge in [0.2, 0.25) is 10.0 Å². The highest BCUT2D eigenvalue weighted by molar-refractivity contribution is 7.89. The molecule has 1 aromatic carbocycles. The van der Waals surface area contributed by atoms with Gasteiger partial charge in [-0.15, -0.1) is 0 Å². The van der Waals surface area contributed by atoms with E-state index in [-0.39, 0.29) is 0 Å². The van der Waals surface area contributed by atoms with Crippen molar-refractivity contribution < 1.29 is 8.42 Å². The van der Waals surface area contributed by atoms with Gasteiger partial charge in [-0.25, -0.2) is 13.1 Å². The number of likely N-dealkylation sites (N-methyl/N-ethyl adjacent to an activating group) is 1. The lowest BCUT2D eigenvalue weighted by molar-refractivity contribution is 0.358. The van der Waals surface area contributed by atoms with Crippen LogP contribution in [0.4, 0.5) is 0 Å². The van der Waals surface area contributed by atoms with E-state index in [0.29, 0.717) is 18.0 Å². The average Bonchev–Trinajstić information content (AvgIpc) is 2.42. The molecule has 0 spiro atoms. The lowest BCUT2D eigenvalue weighted by Gasteiger charge is -2.20. The summed E-state index contributed by atoms with van der Waals surface area (Å²) >= 11 is 0. The van der Waals surface area contributed by atoms with Crippen LogP contribution in [0.5, 0.6) is 0 Å². The lowest BCUT2D eigenvalue weighted by atomic mass is 9.95. The molecule has 0 saturated heterocycles. The van der Waals surface area contributed by atoms with Gasteiger partial charge in [-0.1, -0.05) is 6.92 Å². The highest BCUT2D eigenvalue weighted by Crippen LogP contribution is 2.29. The SMILES string of the molecule is CCN(C)CCNS(=O)(=O)c1c(C)c(C)c(C)c(C)c1C. The number of benzene rings is 1. The van der Waals surface area contributed by atoms with Crippen LogP contribution in [0.25, 0.3) is 0 Å². The number of hydrogen-bond donors (Lipinski definition) is 1. The fraction of sp³-hybridized carbons (Fsp3) is 0.625. The molecule has 1 aromatic rings. The van der Waals surface area contributed by atoms with Crippen LogP contribution in [0.3, 0.4) is 0 Å². The molecule has 1 N–H and O–H groups in total. The summed E-state index contributed by atoms with van der Waals surface area (Å²) < 4.78 is 28.0. The number of rotatable bonds is 6. The Morgan fingerprint density at radius 1 is 0.905 bits per heavy atom. The molecule has 0 unspecified atom stereocenters. The molecule has 5 heteroatoms. The van der Waals surface area contributed by atoms with E-state index >= 15 is 0 Å². The molecule has 0 aromatic heterocycles. The summed E-state index contributed by atoms with van der Waals surface area (Å²) in [4.78, 5) is 2.52. The van der Waals surface area contributed by atoms with Crippen LogP contribution in [0.2, 0.25) is 0 Å². The van der Waals surface area contributed by atoms with Crippen LogP contribution in [-0.4, -0.2) is 40.0 Å². The van der Waals surface area contributed by atoms with Crippen LogP contribution in [0.1, 0.15) is 34.7 Å². The lowest BCUT2D eigenvalue weighted by Crippen LogP contribution is -2.33. The maximum absolute atomic E-state index is 12.6. The number of nitrogens with zero attached hydrogens (tertiary/aromatic N) is 1. The van der Waals surface area contributed by atoms with Gasteiger partial charge < -0.3 is 4.90 Å². The summed E-state index contributed by atoms with van der Waals surface area (Å²) in [6.07, 6.45) is 0. The third kappa shape index (κ3) is 3.84. The standard InChI is InChI=1S/C16H28N2O2S/c1-8-18(7)10-9-17-21(19,20)16-14(5)12(3)11(2)13(4)15(16)6/h17H,8-10H2,1-7H3. The topological polar surface area (TPSA) is 49.4 Å². The minimum absolute atomic E-state index is 0.428. The van der Waals surface area contributed by atoms with Crippen LogP contribution in [0.15, 0.2) is 4.90 Å². The molecule has 0 amide bonds. The summed E-state index contributed by atoms with van der Waals surface area (Å²) in [6.45, 7) is 13.9. The summed E-state index contributed by atoms with van der Waals surface area (Å²) in [5, 5.41) is 0. The van der Waals surface area contributed by atoms with Crippen molar-refractivity contribution in [2.45, 2.75) is 46.4 Å². The first-order valence-electron chi connectivity index (χ1n) is 7.38. The molecule has 1 rings (SSSR count). The van der Waals surface area contributed by atoms with Crippen molar-refractivity contribution in [3.05, 3.63) is 27.8 Å². The fourth-order valence-electron chi connectivity index (χ4n) is 2.47. The third-order valence-electron chi connectivity index (χ3n) is 4.53. The first-order valence-corrected chi connectivity index (χ1v) is 8.87. The molecule has 0 bridgehead atoms. The number of hydrogen-bond acceptors (Lipinski definition) is 3. The van der Waals surface area contributed by atoms with Gasteiger partial charge in [0.05, 0.1) is 4.90 Å².